The molecule has 0 radical (unpaired) electrons. The van der Waals surface area contributed by atoms with Crippen LogP contribution in [0.4, 0.5) is 0 Å². The Bertz CT molecular complexity index is 618. The second kappa shape index (κ2) is 13.0. The van der Waals surface area contributed by atoms with Crippen molar-refractivity contribution in [2.75, 3.05) is 12.4 Å². The zero-order chi connectivity index (χ0) is 22.7. The van der Waals surface area contributed by atoms with E-state index in [1.165, 1.54) is 0 Å². The van der Waals surface area contributed by atoms with Crippen LogP contribution in [0.1, 0.15) is 26.7 Å². The van der Waals surface area contributed by atoms with Gasteiger partial charge in [0, 0.05) is 5.75 Å². The number of carbonyl (C=O) groups excluding carboxylic acids is 4. The smallest absolute Gasteiger partial charge is 0.327 e. The van der Waals surface area contributed by atoms with Crippen molar-refractivity contribution in [1.82, 2.24) is 16.0 Å². The number of thiol groups is 1. The largest absolute Gasteiger partial charge is 0.480 e. The Kier molecular flexibility index (Phi) is 11.9. The Morgan fingerprint density at radius 3 is 1.97 bits per heavy atom. The summed E-state index contributed by atoms with van der Waals surface area (Å²) in [6, 6.07) is -5.13. The molecular weight excluding hydrogens is 406 g/mol. The molecule has 0 saturated heterocycles. The molecule has 0 spiro atoms. The fourth-order valence-corrected chi connectivity index (χ4v) is 2.43. The van der Waals surface area contributed by atoms with E-state index >= 15 is 0 Å². The van der Waals surface area contributed by atoms with Crippen LogP contribution in [0, 0.1) is 5.92 Å². The third-order valence-electron chi connectivity index (χ3n) is 4.16. The summed E-state index contributed by atoms with van der Waals surface area (Å²) in [7, 11) is 0. The highest BCUT2D eigenvalue weighted by molar-refractivity contribution is 7.80. The van der Waals surface area contributed by atoms with E-state index < -0.39 is 66.8 Å². The van der Waals surface area contributed by atoms with Crippen LogP contribution >= 0.6 is 12.6 Å². The van der Waals surface area contributed by atoms with Crippen molar-refractivity contribution in [3.63, 3.8) is 0 Å². The number of amides is 4. The Morgan fingerprint density at radius 1 is 1.00 bits per heavy atom. The van der Waals surface area contributed by atoms with Crippen molar-refractivity contribution in [3.8, 4) is 0 Å². The first-order valence-electron chi connectivity index (χ1n) is 8.87. The third kappa shape index (κ3) is 9.11. The number of rotatable bonds is 13. The summed E-state index contributed by atoms with van der Waals surface area (Å²) in [5.41, 5.74) is 10.6. The first-order chi connectivity index (χ1) is 13.5. The number of aliphatic hydroxyl groups is 1. The average molecular weight is 436 g/mol. The van der Waals surface area contributed by atoms with Gasteiger partial charge in [0.15, 0.2) is 0 Å². The van der Waals surface area contributed by atoms with Gasteiger partial charge in [-0.1, -0.05) is 20.3 Å². The molecule has 4 amide bonds. The van der Waals surface area contributed by atoms with Gasteiger partial charge in [-0.25, -0.2) is 4.79 Å². The predicted octanol–water partition coefficient (Wildman–Crippen LogP) is -3.30. The van der Waals surface area contributed by atoms with E-state index in [-0.39, 0.29) is 11.7 Å². The molecule has 0 bridgehead atoms. The van der Waals surface area contributed by atoms with Crippen molar-refractivity contribution >= 4 is 42.2 Å². The molecule has 0 aliphatic rings. The van der Waals surface area contributed by atoms with Gasteiger partial charge in [0.25, 0.3) is 0 Å². The third-order valence-corrected chi connectivity index (χ3v) is 4.53. The van der Waals surface area contributed by atoms with Crippen LogP contribution in [0.2, 0.25) is 0 Å². The van der Waals surface area contributed by atoms with Crippen molar-refractivity contribution in [2.24, 2.45) is 17.4 Å². The van der Waals surface area contributed by atoms with Crippen LogP contribution < -0.4 is 27.4 Å². The predicted molar refractivity (Wildman–Crippen MR) is 106 cm³/mol. The summed E-state index contributed by atoms with van der Waals surface area (Å²) in [5.74, 6) is -5.19. The number of nitrogens with one attached hydrogen (secondary N) is 3. The number of carboxylic acids is 1. The molecule has 0 aromatic rings. The van der Waals surface area contributed by atoms with Crippen LogP contribution in [-0.4, -0.2) is 76.3 Å². The average Bonchev–Trinajstić information content (AvgIpc) is 2.66. The van der Waals surface area contributed by atoms with Crippen molar-refractivity contribution in [2.45, 2.75) is 50.9 Å². The van der Waals surface area contributed by atoms with E-state index in [2.05, 4.69) is 28.6 Å². The summed E-state index contributed by atoms with van der Waals surface area (Å²) in [6.07, 6.45) is 0.0583. The Hall–Kier alpha value is -2.38. The summed E-state index contributed by atoms with van der Waals surface area (Å²) in [5, 5.41) is 25.2. The number of aliphatic hydroxyl groups excluding tert-OH is 1. The molecule has 166 valence electrons. The molecule has 0 aliphatic carbocycles. The molecule has 5 unspecified atom stereocenters. The number of carbonyl (C=O) groups is 5. The molecule has 0 aromatic heterocycles. The Balaban J connectivity index is 5.23. The van der Waals surface area contributed by atoms with Gasteiger partial charge in [-0.3, -0.25) is 19.2 Å². The maximum absolute atomic E-state index is 12.6. The molecular formula is C16H29N5O7S. The van der Waals surface area contributed by atoms with Gasteiger partial charge in [-0.2, -0.15) is 12.6 Å². The van der Waals surface area contributed by atoms with Gasteiger partial charge in [0.05, 0.1) is 19.1 Å². The number of primary amides is 1. The maximum atomic E-state index is 12.6. The van der Waals surface area contributed by atoms with Gasteiger partial charge in [-0.05, 0) is 5.92 Å². The van der Waals surface area contributed by atoms with Gasteiger partial charge >= 0.3 is 5.97 Å². The van der Waals surface area contributed by atoms with Gasteiger partial charge in [-0.15, -0.1) is 0 Å². The fraction of sp³-hybridized carbons (Fsp3) is 0.688. The van der Waals surface area contributed by atoms with Crippen LogP contribution in [0.5, 0.6) is 0 Å². The zero-order valence-corrected chi connectivity index (χ0v) is 17.1. The van der Waals surface area contributed by atoms with E-state index in [1.807, 2.05) is 0 Å². The SMILES string of the molecule is CCC(C)C(NC(=O)C(N)CC(N)=O)C(=O)NC(CO)C(=O)NC(CS)C(=O)O. The quantitative estimate of drug-likeness (QED) is 0.137. The molecule has 0 aliphatic heterocycles. The fourth-order valence-electron chi connectivity index (χ4n) is 2.19. The standard InChI is InChI=1S/C16H29N5O7S/c1-3-7(2)12(21-13(24)8(17)4-11(18)23)15(26)19-9(5-22)14(25)20-10(6-29)16(27)28/h7-10,12,22,29H,3-6,17H2,1-2H3,(H2,18,23)(H,19,26)(H,20,25)(H,21,24)(H,27,28). The monoisotopic (exact) mass is 435 g/mol. The van der Waals surface area contributed by atoms with E-state index in [0.717, 1.165) is 0 Å². The normalized spacial score (nSPS) is 15.9. The minimum atomic E-state index is -1.45. The molecule has 0 fully saturated rings. The highest BCUT2D eigenvalue weighted by atomic mass is 32.1. The second-order valence-electron chi connectivity index (χ2n) is 6.47. The molecule has 0 rings (SSSR count). The number of nitrogens with two attached hydrogens (primary N) is 2. The van der Waals surface area contributed by atoms with Crippen molar-refractivity contribution in [1.29, 1.82) is 0 Å². The molecule has 9 N–H and O–H groups in total. The molecule has 0 saturated carbocycles. The second-order valence-corrected chi connectivity index (χ2v) is 6.84. The summed E-state index contributed by atoms with van der Waals surface area (Å²) >= 11 is 3.81. The lowest BCUT2D eigenvalue weighted by Gasteiger charge is -2.27. The number of aliphatic carboxylic acids is 1. The van der Waals surface area contributed by atoms with E-state index in [1.54, 1.807) is 13.8 Å². The van der Waals surface area contributed by atoms with E-state index in [0.29, 0.717) is 6.42 Å². The number of hydrogen-bond donors (Lipinski definition) is 8. The lowest BCUT2D eigenvalue weighted by atomic mass is 9.97. The van der Waals surface area contributed by atoms with Crippen LogP contribution in [0.15, 0.2) is 0 Å². The molecule has 13 heteroatoms. The van der Waals surface area contributed by atoms with Crippen LogP contribution in [-0.2, 0) is 24.0 Å². The molecule has 0 aromatic carbocycles. The summed E-state index contributed by atoms with van der Waals surface area (Å²) in [6.45, 7) is 2.62. The Morgan fingerprint density at radius 2 is 1.55 bits per heavy atom. The van der Waals surface area contributed by atoms with Crippen molar-refractivity contribution in [3.05, 3.63) is 0 Å². The maximum Gasteiger partial charge on any atom is 0.327 e. The van der Waals surface area contributed by atoms with E-state index in [4.69, 9.17) is 16.6 Å². The minimum Gasteiger partial charge on any atom is -0.480 e. The topological polar surface area (TPSA) is 214 Å². The van der Waals surface area contributed by atoms with Gasteiger partial charge in [0.2, 0.25) is 23.6 Å². The lowest BCUT2D eigenvalue weighted by Crippen LogP contribution is -2.59. The van der Waals surface area contributed by atoms with Gasteiger partial charge < -0.3 is 37.6 Å². The summed E-state index contributed by atoms with van der Waals surface area (Å²) < 4.78 is 0. The van der Waals surface area contributed by atoms with E-state index in [9.17, 15) is 29.1 Å². The highest BCUT2D eigenvalue weighted by Gasteiger charge is 2.32. The molecule has 0 heterocycles. The van der Waals surface area contributed by atoms with Crippen LogP contribution in [0.3, 0.4) is 0 Å². The van der Waals surface area contributed by atoms with Crippen molar-refractivity contribution < 1.29 is 34.2 Å². The lowest BCUT2D eigenvalue weighted by molar-refractivity contribution is -0.142. The minimum absolute atomic E-state index is 0.198. The van der Waals surface area contributed by atoms with Gasteiger partial charge in [0.1, 0.15) is 18.1 Å². The number of carboxylic acid groups (broad SMARTS) is 1. The molecule has 29 heavy (non-hydrogen) atoms. The number of hydrogen-bond acceptors (Lipinski definition) is 8. The molecule has 5 atom stereocenters. The zero-order valence-electron chi connectivity index (χ0n) is 16.3. The molecule has 12 nitrogen and oxygen atoms in total. The summed E-state index contributed by atoms with van der Waals surface area (Å²) in [4.78, 5) is 58.8. The Labute approximate surface area is 173 Å². The van der Waals surface area contributed by atoms with Crippen LogP contribution in [0.25, 0.3) is 0 Å². The highest BCUT2D eigenvalue weighted by Crippen LogP contribution is 2.09. The first-order valence-corrected chi connectivity index (χ1v) is 9.51. The first kappa shape index (κ1) is 26.6.